The Morgan fingerprint density at radius 3 is 2.95 bits per heavy atom. The van der Waals surface area contributed by atoms with E-state index in [0.717, 1.165) is 29.8 Å². The number of aromatic amines is 1. The first-order chi connectivity index (χ1) is 10.6. The summed E-state index contributed by atoms with van der Waals surface area (Å²) in [5.41, 5.74) is 2.00. The number of rotatable bonds is 5. The van der Waals surface area contributed by atoms with E-state index in [9.17, 15) is 4.79 Å². The van der Waals surface area contributed by atoms with Gasteiger partial charge in [0, 0.05) is 26.1 Å². The topological polar surface area (TPSA) is 96.7 Å². The van der Waals surface area contributed by atoms with Crippen molar-refractivity contribution in [1.82, 2.24) is 25.3 Å². The molecule has 3 heterocycles. The number of imidazole rings is 1. The lowest BCUT2D eigenvalue weighted by molar-refractivity contribution is 0.0947. The summed E-state index contributed by atoms with van der Waals surface area (Å²) in [4.78, 5) is 27.8. The number of pyridine rings is 1. The average molecular weight is 299 g/mol. The van der Waals surface area contributed by atoms with Gasteiger partial charge in [-0.3, -0.25) is 4.79 Å². The smallest absolute Gasteiger partial charge is 0.273 e. The lowest BCUT2D eigenvalue weighted by Crippen LogP contribution is -2.25. The summed E-state index contributed by atoms with van der Waals surface area (Å²) in [6.45, 7) is 4.00. The SMILES string of the molecule is Cc1nc(C(=O)NCCCc2nc3ncccc3[nH]2)c(C)o1. The van der Waals surface area contributed by atoms with Crippen molar-refractivity contribution in [1.29, 1.82) is 0 Å². The molecule has 0 unspecified atom stereocenters. The summed E-state index contributed by atoms with van der Waals surface area (Å²) < 4.78 is 5.25. The predicted molar refractivity (Wildman–Crippen MR) is 80.5 cm³/mol. The van der Waals surface area contributed by atoms with Crippen molar-refractivity contribution in [3.63, 3.8) is 0 Å². The van der Waals surface area contributed by atoms with Crippen LogP contribution in [0.4, 0.5) is 0 Å². The van der Waals surface area contributed by atoms with Crippen LogP contribution in [0.1, 0.15) is 34.4 Å². The Morgan fingerprint density at radius 1 is 1.36 bits per heavy atom. The second kappa shape index (κ2) is 5.97. The van der Waals surface area contributed by atoms with E-state index < -0.39 is 0 Å². The number of aryl methyl sites for hydroxylation is 3. The molecule has 3 rings (SSSR count). The normalized spacial score (nSPS) is 11.0. The maximum Gasteiger partial charge on any atom is 0.273 e. The van der Waals surface area contributed by atoms with E-state index in [0.29, 0.717) is 23.9 Å². The van der Waals surface area contributed by atoms with Gasteiger partial charge in [0.25, 0.3) is 5.91 Å². The summed E-state index contributed by atoms with van der Waals surface area (Å²) in [7, 11) is 0. The van der Waals surface area contributed by atoms with Gasteiger partial charge in [0.05, 0.1) is 5.52 Å². The first kappa shape index (κ1) is 14.2. The van der Waals surface area contributed by atoms with E-state index >= 15 is 0 Å². The lowest BCUT2D eigenvalue weighted by atomic mass is 10.3. The highest BCUT2D eigenvalue weighted by Crippen LogP contribution is 2.10. The fourth-order valence-corrected chi connectivity index (χ4v) is 2.29. The molecule has 1 amide bonds. The minimum Gasteiger partial charge on any atom is -0.445 e. The van der Waals surface area contributed by atoms with Gasteiger partial charge in [-0.2, -0.15) is 0 Å². The van der Waals surface area contributed by atoms with E-state index in [1.165, 1.54) is 0 Å². The van der Waals surface area contributed by atoms with Crippen molar-refractivity contribution in [3.8, 4) is 0 Å². The largest absolute Gasteiger partial charge is 0.445 e. The lowest BCUT2D eigenvalue weighted by Gasteiger charge is -2.02. The fourth-order valence-electron chi connectivity index (χ4n) is 2.29. The Bertz CT molecular complexity index is 772. The number of hydrogen-bond donors (Lipinski definition) is 2. The van der Waals surface area contributed by atoms with Crippen LogP contribution >= 0.6 is 0 Å². The fraction of sp³-hybridized carbons (Fsp3) is 0.333. The molecule has 0 aliphatic carbocycles. The van der Waals surface area contributed by atoms with Crippen molar-refractivity contribution < 1.29 is 9.21 Å². The number of nitrogens with zero attached hydrogens (tertiary/aromatic N) is 3. The molecule has 3 aromatic rings. The van der Waals surface area contributed by atoms with Crippen LogP contribution in [0.2, 0.25) is 0 Å². The van der Waals surface area contributed by atoms with E-state index in [-0.39, 0.29) is 5.91 Å². The molecule has 0 aromatic carbocycles. The third-order valence-corrected chi connectivity index (χ3v) is 3.30. The minimum atomic E-state index is -0.208. The molecule has 0 aliphatic heterocycles. The van der Waals surface area contributed by atoms with Crippen molar-refractivity contribution in [2.24, 2.45) is 0 Å². The first-order valence-electron chi connectivity index (χ1n) is 7.15. The molecule has 0 bridgehead atoms. The molecule has 0 saturated heterocycles. The van der Waals surface area contributed by atoms with Crippen LogP contribution in [0, 0.1) is 13.8 Å². The number of carbonyl (C=O) groups excluding carboxylic acids is 1. The zero-order valence-corrected chi connectivity index (χ0v) is 12.5. The molecule has 0 fully saturated rings. The number of fused-ring (bicyclic) bond motifs is 1. The maximum absolute atomic E-state index is 12.0. The van der Waals surface area contributed by atoms with Crippen molar-refractivity contribution in [2.45, 2.75) is 26.7 Å². The van der Waals surface area contributed by atoms with E-state index in [1.807, 2.05) is 12.1 Å². The Labute approximate surface area is 127 Å². The number of oxazole rings is 1. The Hall–Kier alpha value is -2.70. The van der Waals surface area contributed by atoms with Gasteiger partial charge >= 0.3 is 0 Å². The van der Waals surface area contributed by atoms with Crippen LogP contribution in [-0.2, 0) is 6.42 Å². The summed E-state index contributed by atoms with van der Waals surface area (Å²) in [5.74, 6) is 1.70. The summed E-state index contributed by atoms with van der Waals surface area (Å²) in [6.07, 6.45) is 3.24. The quantitative estimate of drug-likeness (QED) is 0.702. The monoisotopic (exact) mass is 299 g/mol. The maximum atomic E-state index is 12.0. The van der Waals surface area contributed by atoms with Crippen LogP contribution in [-0.4, -0.2) is 32.4 Å². The summed E-state index contributed by atoms with van der Waals surface area (Å²) in [5, 5.41) is 2.84. The van der Waals surface area contributed by atoms with Crippen LogP contribution in [0.5, 0.6) is 0 Å². The highest BCUT2D eigenvalue weighted by atomic mass is 16.4. The molecular formula is C15H17N5O2. The standard InChI is InChI=1S/C15H17N5O2/c1-9-13(18-10(2)22-9)15(21)17-8-4-6-12-19-11-5-3-7-16-14(11)20-12/h3,5,7H,4,6,8H2,1-2H3,(H,17,21)(H,16,19,20). The molecule has 7 heteroatoms. The van der Waals surface area contributed by atoms with Gasteiger partial charge in [-0.1, -0.05) is 0 Å². The van der Waals surface area contributed by atoms with Gasteiger partial charge < -0.3 is 14.7 Å². The number of H-pyrrole nitrogens is 1. The van der Waals surface area contributed by atoms with E-state index in [2.05, 4.69) is 25.3 Å². The molecule has 22 heavy (non-hydrogen) atoms. The summed E-state index contributed by atoms with van der Waals surface area (Å²) >= 11 is 0. The second-order valence-electron chi connectivity index (χ2n) is 5.06. The van der Waals surface area contributed by atoms with Gasteiger partial charge in [-0.15, -0.1) is 0 Å². The molecule has 2 N–H and O–H groups in total. The van der Waals surface area contributed by atoms with Crippen LogP contribution < -0.4 is 5.32 Å². The Balaban J connectivity index is 1.51. The second-order valence-corrected chi connectivity index (χ2v) is 5.06. The molecule has 0 atom stereocenters. The predicted octanol–water partition coefficient (Wildman–Crippen LogP) is 1.93. The third kappa shape index (κ3) is 2.98. The Morgan fingerprint density at radius 2 is 2.23 bits per heavy atom. The summed E-state index contributed by atoms with van der Waals surface area (Å²) in [6, 6.07) is 3.81. The molecule has 0 saturated carbocycles. The molecule has 7 nitrogen and oxygen atoms in total. The molecule has 0 radical (unpaired) electrons. The minimum absolute atomic E-state index is 0.208. The molecule has 114 valence electrons. The van der Waals surface area contributed by atoms with Crippen molar-refractivity contribution in [2.75, 3.05) is 6.54 Å². The molecule has 0 spiro atoms. The zero-order chi connectivity index (χ0) is 15.5. The van der Waals surface area contributed by atoms with Crippen molar-refractivity contribution >= 4 is 17.1 Å². The molecule has 3 aromatic heterocycles. The van der Waals surface area contributed by atoms with Gasteiger partial charge in [0.1, 0.15) is 11.6 Å². The van der Waals surface area contributed by atoms with E-state index in [4.69, 9.17) is 4.42 Å². The number of nitrogens with one attached hydrogen (secondary N) is 2. The first-order valence-corrected chi connectivity index (χ1v) is 7.15. The van der Waals surface area contributed by atoms with Gasteiger partial charge in [0.2, 0.25) is 0 Å². The van der Waals surface area contributed by atoms with Gasteiger partial charge in [-0.05, 0) is 25.5 Å². The highest BCUT2D eigenvalue weighted by molar-refractivity contribution is 5.93. The molecular weight excluding hydrogens is 282 g/mol. The number of aromatic nitrogens is 4. The van der Waals surface area contributed by atoms with Crippen molar-refractivity contribution in [3.05, 3.63) is 41.5 Å². The highest BCUT2D eigenvalue weighted by Gasteiger charge is 2.14. The average Bonchev–Trinajstić information content (AvgIpc) is 3.05. The van der Waals surface area contributed by atoms with Crippen LogP contribution in [0.3, 0.4) is 0 Å². The number of carbonyl (C=O) groups is 1. The number of hydrogen-bond acceptors (Lipinski definition) is 5. The van der Waals surface area contributed by atoms with Crippen LogP contribution in [0.15, 0.2) is 22.7 Å². The number of amides is 1. The van der Waals surface area contributed by atoms with E-state index in [1.54, 1.807) is 20.0 Å². The van der Waals surface area contributed by atoms with Crippen LogP contribution in [0.25, 0.3) is 11.2 Å². The van der Waals surface area contributed by atoms with Gasteiger partial charge in [0.15, 0.2) is 17.2 Å². The third-order valence-electron chi connectivity index (χ3n) is 3.30. The zero-order valence-electron chi connectivity index (χ0n) is 12.5. The molecule has 0 aliphatic rings. The Kier molecular flexibility index (Phi) is 3.86. The van der Waals surface area contributed by atoms with Gasteiger partial charge in [-0.25, -0.2) is 15.0 Å².